The van der Waals surface area contributed by atoms with Crippen LogP contribution in [-0.2, 0) is 11.3 Å². The number of carbonyl (C=O) groups is 1. The van der Waals surface area contributed by atoms with Crippen LogP contribution < -0.4 is 4.74 Å². The Morgan fingerprint density at radius 3 is 2.70 bits per heavy atom. The average molecular weight is 420 g/mol. The Labute approximate surface area is 171 Å². The molecule has 4 rings (SSSR count). The quantitative estimate of drug-likeness (QED) is 0.566. The molecule has 0 saturated heterocycles. The minimum absolute atomic E-state index is 0.100. The second-order valence-corrected chi connectivity index (χ2v) is 7.29. The Morgan fingerprint density at radius 2 is 2.00 bits per heavy atom. The topological polar surface area (TPSA) is 97.0 Å². The summed E-state index contributed by atoms with van der Waals surface area (Å²) < 4.78 is 40.3. The molecular formula is C19H22F2N6O3. The van der Waals surface area contributed by atoms with Gasteiger partial charge in [0.1, 0.15) is 11.0 Å². The van der Waals surface area contributed by atoms with Gasteiger partial charge in [0.05, 0.1) is 31.7 Å². The van der Waals surface area contributed by atoms with Crippen molar-refractivity contribution in [2.24, 2.45) is 5.92 Å². The van der Waals surface area contributed by atoms with E-state index in [0.29, 0.717) is 36.3 Å². The van der Waals surface area contributed by atoms with Gasteiger partial charge >= 0.3 is 5.97 Å². The van der Waals surface area contributed by atoms with Crippen LogP contribution in [-0.4, -0.2) is 55.1 Å². The van der Waals surface area contributed by atoms with Gasteiger partial charge in [0.25, 0.3) is 5.95 Å². The van der Waals surface area contributed by atoms with Crippen LogP contribution >= 0.6 is 0 Å². The van der Waals surface area contributed by atoms with E-state index < -0.39 is 11.9 Å². The second-order valence-electron chi connectivity index (χ2n) is 7.29. The van der Waals surface area contributed by atoms with Crippen molar-refractivity contribution in [3.05, 3.63) is 24.2 Å². The fraction of sp³-hybridized carbons (Fsp3) is 0.526. The molecule has 160 valence electrons. The number of fused-ring (bicyclic) bond motifs is 1. The zero-order valence-corrected chi connectivity index (χ0v) is 16.7. The SMILES string of the molecule is CCOC(=O)c1cnn(-c2nc(OC)c3c(cnn3CC3CCC(F)(F)CC3)n2)c1. The molecule has 0 radical (unpaired) electrons. The molecular weight excluding hydrogens is 398 g/mol. The van der Waals surface area contributed by atoms with E-state index in [1.807, 2.05) is 0 Å². The first-order valence-electron chi connectivity index (χ1n) is 9.77. The Morgan fingerprint density at radius 1 is 1.23 bits per heavy atom. The molecule has 3 aromatic rings. The number of methoxy groups -OCH3 is 1. The zero-order valence-electron chi connectivity index (χ0n) is 16.7. The summed E-state index contributed by atoms with van der Waals surface area (Å²) in [6.45, 7) is 2.48. The average Bonchev–Trinajstić information content (AvgIpc) is 3.37. The molecule has 0 N–H and O–H groups in total. The Hall–Kier alpha value is -3.11. The largest absolute Gasteiger partial charge is 0.479 e. The molecule has 0 unspecified atom stereocenters. The number of aromatic nitrogens is 6. The molecule has 0 aromatic carbocycles. The van der Waals surface area contributed by atoms with Crippen molar-refractivity contribution < 1.29 is 23.0 Å². The van der Waals surface area contributed by atoms with E-state index in [-0.39, 0.29) is 36.9 Å². The molecule has 0 bridgehead atoms. The Kier molecular flexibility index (Phi) is 5.35. The third kappa shape index (κ3) is 3.96. The summed E-state index contributed by atoms with van der Waals surface area (Å²) in [6.07, 6.45) is 5.12. The molecule has 3 aromatic heterocycles. The van der Waals surface area contributed by atoms with Gasteiger partial charge in [-0.15, -0.1) is 0 Å². The zero-order chi connectivity index (χ0) is 21.3. The number of rotatable bonds is 6. The van der Waals surface area contributed by atoms with Gasteiger partial charge in [-0.25, -0.2) is 23.2 Å². The highest BCUT2D eigenvalue weighted by Crippen LogP contribution is 2.37. The first-order chi connectivity index (χ1) is 14.4. The van der Waals surface area contributed by atoms with Gasteiger partial charge in [-0.05, 0) is 25.7 Å². The number of alkyl halides is 2. The number of esters is 1. The number of carbonyl (C=O) groups excluding carboxylic acids is 1. The summed E-state index contributed by atoms with van der Waals surface area (Å²) in [5.74, 6) is -2.43. The van der Waals surface area contributed by atoms with Gasteiger partial charge in [0.15, 0.2) is 0 Å². The van der Waals surface area contributed by atoms with E-state index in [9.17, 15) is 13.6 Å². The fourth-order valence-electron chi connectivity index (χ4n) is 3.62. The second kappa shape index (κ2) is 7.96. The van der Waals surface area contributed by atoms with Crippen molar-refractivity contribution in [2.75, 3.05) is 13.7 Å². The molecule has 1 fully saturated rings. The molecule has 0 atom stereocenters. The van der Waals surface area contributed by atoms with E-state index in [2.05, 4.69) is 20.2 Å². The van der Waals surface area contributed by atoms with Crippen LogP contribution in [0.15, 0.2) is 18.6 Å². The first kappa shape index (κ1) is 20.2. The maximum Gasteiger partial charge on any atom is 0.341 e. The summed E-state index contributed by atoms with van der Waals surface area (Å²) in [6, 6.07) is 0. The van der Waals surface area contributed by atoms with Crippen molar-refractivity contribution in [2.45, 2.75) is 45.1 Å². The van der Waals surface area contributed by atoms with Crippen LogP contribution in [0, 0.1) is 5.92 Å². The van der Waals surface area contributed by atoms with Crippen molar-refractivity contribution in [1.82, 2.24) is 29.5 Å². The van der Waals surface area contributed by atoms with Gasteiger partial charge in [0.2, 0.25) is 11.8 Å². The lowest BCUT2D eigenvalue weighted by Gasteiger charge is -2.28. The first-order valence-corrected chi connectivity index (χ1v) is 9.77. The highest BCUT2D eigenvalue weighted by Gasteiger charge is 2.35. The summed E-state index contributed by atoms with van der Waals surface area (Å²) in [4.78, 5) is 20.7. The summed E-state index contributed by atoms with van der Waals surface area (Å²) in [5, 5.41) is 8.49. The standard InChI is InChI=1S/C19H22F2N6O3/c1-3-30-17(28)13-8-22-27(11-13)18-24-14-9-23-26(15(14)16(25-18)29-2)10-12-4-6-19(20,21)7-5-12/h8-9,11-12H,3-7,10H2,1-2H3. The van der Waals surface area contributed by atoms with Crippen LogP contribution in [0.1, 0.15) is 43.0 Å². The summed E-state index contributed by atoms with van der Waals surface area (Å²) in [5.41, 5.74) is 1.41. The van der Waals surface area contributed by atoms with E-state index in [4.69, 9.17) is 9.47 Å². The maximum atomic E-state index is 13.4. The van der Waals surface area contributed by atoms with Crippen LogP contribution in [0.2, 0.25) is 0 Å². The lowest BCUT2D eigenvalue weighted by atomic mass is 9.87. The molecule has 11 heteroatoms. The van der Waals surface area contributed by atoms with E-state index in [0.717, 1.165) is 0 Å². The van der Waals surface area contributed by atoms with E-state index in [1.54, 1.807) is 17.8 Å². The Bertz CT molecular complexity index is 1050. The van der Waals surface area contributed by atoms with Crippen LogP contribution in [0.3, 0.4) is 0 Å². The minimum Gasteiger partial charge on any atom is -0.479 e. The third-order valence-corrected chi connectivity index (χ3v) is 5.20. The predicted molar refractivity (Wildman–Crippen MR) is 102 cm³/mol. The molecule has 1 aliphatic carbocycles. The normalized spacial score (nSPS) is 16.7. The van der Waals surface area contributed by atoms with Crippen LogP contribution in [0.5, 0.6) is 5.88 Å². The number of nitrogens with zero attached hydrogens (tertiary/aromatic N) is 6. The van der Waals surface area contributed by atoms with Crippen LogP contribution in [0.4, 0.5) is 8.78 Å². The van der Waals surface area contributed by atoms with E-state index in [1.165, 1.54) is 24.2 Å². The van der Waals surface area contributed by atoms with Gasteiger partial charge in [-0.2, -0.15) is 15.2 Å². The molecule has 1 saturated carbocycles. The molecule has 30 heavy (non-hydrogen) atoms. The van der Waals surface area contributed by atoms with E-state index >= 15 is 0 Å². The highest BCUT2D eigenvalue weighted by molar-refractivity contribution is 5.88. The van der Waals surface area contributed by atoms with Crippen molar-refractivity contribution in [3.63, 3.8) is 0 Å². The third-order valence-electron chi connectivity index (χ3n) is 5.20. The number of hydrogen-bond donors (Lipinski definition) is 0. The molecule has 0 aliphatic heterocycles. The lowest BCUT2D eigenvalue weighted by molar-refractivity contribution is -0.0475. The van der Waals surface area contributed by atoms with Gasteiger partial charge in [0, 0.05) is 25.6 Å². The highest BCUT2D eigenvalue weighted by atomic mass is 19.3. The number of halogens is 2. The molecule has 0 amide bonds. The molecule has 3 heterocycles. The molecule has 0 spiro atoms. The lowest BCUT2D eigenvalue weighted by Crippen LogP contribution is -2.27. The monoisotopic (exact) mass is 420 g/mol. The summed E-state index contributed by atoms with van der Waals surface area (Å²) in [7, 11) is 1.48. The molecule has 9 nitrogen and oxygen atoms in total. The van der Waals surface area contributed by atoms with Crippen molar-refractivity contribution in [3.8, 4) is 11.8 Å². The van der Waals surface area contributed by atoms with Crippen molar-refractivity contribution in [1.29, 1.82) is 0 Å². The maximum absolute atomic E-state index is 13.4. The van der Waals surface area contributed by atoms with Gasteiger partial charge in [-0.1, -0.05) is 0 Å². The van der Waals surface area contributed by atoms with Crippen molar-refractivity contribution >= 4 is 17.0 Å². The van der Waals surface area contributed by atoms with Gasteiger partial charge in [-0.3, -0.25) is 4.68 Å². The van der Waals surface area contributed by atoms with Crippen LogP contribution in [0.25, 0.3) is 17.0 Å². The number of ether oxygens (including phenoxy) is 2. The van der Waals surface area contributed by atoms with Gasteiger partial charge < -0.3 is 9.47 Å². The summed E-state index contributed by atoms with van der Waals surface area (Å²) >= 11 is 0. The number of hydrogen-bond acceptors (Lipinski definition) is 7. The smallest absolute Gasteiger partial charge is 0.341 e. The Balaban J connectivity index is 1.61. The predicted octanol–water partition coefficient (Wildman–Crippen LogP) is 3.02. The fourth-order valence-corrected chi connectivity index (χ4v) is 3.62. The molecule has 1 aliphatic rings. The minimum atomic E-state index is -2.56.